The molecule has 0 aromatic heterocycles. The number of benzene rings is 3. The van der Waals surface area contributed by atoms with Crippen LogP contribution in [0.5, 0.6) is 0 Å². The van der Waals surface area contributed by atoms with Crippen molar-refractivity contribution in [1.82, 2.24) is 0 Å². The molecule has 1 aliphatic heterocycles. The summed E-state index contributed by atoms with van der Waals surface area (Å²) in [4.78, 5) is 40.2. The highest BCUT2D eigenvalue weighted by Gasteiger charge is 2.43. The molecule has 3 aromatic carbocycles. The van der Waals surface area contributed by atoms with Crippen molar-refractivity contribution in [2.75, 3.05) is 4.90 Å². The molecule has 1 aliphatic rings. The van der Waals surface area contributed by atoms with Crippen molar-refractivity contribution >= 4 is 81.3 Å². The van der Waals surface area contributed by atoms with Crippen LogP contribution in [-0.4, -0.2) is 17.6 Å². The lowest BCUT2D eigenvalue weighted by Crippen LogP contribution is -2.31. The molecule has 150 valence electrons. The first-order valence-electron chi connectivity index (χ1n) is 8.38. The number of rotatable bonds is 3. The summed E-state index contributed by atoms with van der Waals surface area (Å²) in [6.07, 6.45) is 0. The van der Waals surface area contributed by atoms with Crippen molar-refractivity contribution in [3.05, 3.63) is 95.9 Å². The Labute approximate surface area is 195 Å². The summed E-state index contributed by atoms with van der Waals surface area (Å²) in [5.74, 6) is -1.97. The van der Waals surface area contributed by atoms with Gasteiger partial charge in [-0.05, 0) is 18.2 Å². The predicted molar refractivity (Wildman–Crippen MR) is 119 cm³/mol. The first-order chi connectivity index (χ1) is 14.2. The van der Waals surface area contributed by atoms with Crippen LogP contribution in [0.3, 0.4) is 0 Å². The van der Waals surface area contributed by atoms with Gasteiger partial charge < -0.3 is 0 Å². The molecule has 3 aromatic rings. The predicted octanol–water partition coefficient (Wildman–Crippen LogP) is 6.99. The maximum atomic E-state index is 13.2. The lowest BCUT2D eigenvalue weighted by molar-refractivity contribution is 0.0926. The highest BCUT2D eigenvalue weighted by Crippen LogP contribution is 2.46. The van der Waals surface area contributed by atoms with Crippen LogP contribution in [-0.2, 0) is 0 Å². The fourth-order valence-electron chi connectivity index (χ4n) is 3.20. The smallest absolute Gasteiger partial charge is 0.267 e. The highest BCUT2D eigenvalue weighted by molar-refractivity contribution is 6.56. The zero-order valence-corrected chi connectivity index (χ0v) is 18.5. The fraction of sp³-hybridized carbons (Fsp3) is 0. The molecule has 4 rings (SSSR count). The molecule has 30 heavy (non-hydrogen) atoms. The maximum Gasteiger partial charge on any atom is 0.267 e. The summed E-state index contributed by atoms with van der Waals surface area (Å²) >= 11 is 30.6. The van der Waals surface area contributed by atoms with Crippen LogP contribution < -0.4 is 4.90 Å². The Morgan fingerprint density at radius 2 is 1.23 bits per heavy atom. The van der Waals surface area contributed by atoms with Gasteiger partial charge in [-0.25, -0.2) is 4.90 Å². The number of hydrogen-bond donors (Lipinski definition) is 0. The van der Waals surface area contributed by atoms with Crippen LogP contribution in [0.4, 0.5) is 5.69 Å². The Kier molecular flexibility index (Phi) is 5.56. The van der Waals surface area contributed by atoms with Gasteiger partial charge in [0.2, 0.25) is 0 Å². The van der Waals surface area contributed by atoms with Gasteiger partial charge in [0.15, 0.2) is 5.78 Å². The standard InChI is InChI=1S/C21H8Cl5NO3/c22-10-6-7-12(11(8-10)19(28)9-4-2-1-3-5-9)27-20(29)13-14(21(27)30)16(24)18(26)17(25)15(13)23/h1-8H. The van der Waals surface area contributed by atoms with E-state index in [1.54, 1.807) is 30.3 Å². The minimum Gasteiger partial charge on any atom is -0.289 e. The van der Waals surface area contributed by atoms with Gasteiger partial charge in [0.25, 0.3) is 11.8 Å². The first kappa shape index (κ1) is 21.2. The Balaban J connectivity index is 1.92. The van der Waals surface area contributed by atoms with E-state index in [-0.39, 0.29) is 47.5 Å². The third kappa shape index (κ3) is 3.20. The third-order valence-corrected chi connectivity index (χ3v) is 6.62. The van der Waals surface area contributed by atoms with E-state index in [2.05, 4.69) is 0 Å². The van der Waals surface area contributed by atoms with Crippen LogP contribution in [0.15, 0.2) is 48.5 Å². The molecule has 0 N–H and O–H groups in total. The number of fused-ring (bicyclic) bond motifs is 1. The molecule has 0 saturated heterocycles. The van der Waals surface area contributed by atoms with Crippen LogP contribution in [0.2, 0.25) is 25.1 Å². The number of ketones is 1. The molecule has 0 fully saturated rings. The van der Waals surface area contributed by atoms with Gasteiger partial charge >= 0.3 is 0 Å². The molecule has 2 amide bonds. The Morgan fingerprint density at radius 1 is 0.700 bits per heavy atom. The van der Waals surface area contributed by atoms with Crippen LogP contribution >= 0.6 is 58.0 Å². The molecule has 0 saturated carbocycles. The van der Waals surface area contributed by atoms with E-state index in [1.807, 2.05) is 0 Å². The van der Waals surface area contributed by atoms with Gasteiger partial charge in [-0.15, -0.1) is 0 Å². The van der Waals surface area contributed by atoms with Crippen LogP contribution in [0.25, 0.3) is 0 Å². The number of nitrogens with zero attached hydrogens (tertiary/aromatic N) is 1. The van der Waals surface area contributed by atoms with Gasteiger partial charge in [-0.2, -0.15) is 0 Å². The third-order valence-electron chi connectivity index (χ3n) is 4.58. The van der Waals surface area contributed by atoms with Crippen LogP contribution in [0, 0.1) is 0 Å². The highest BCUT2D eigenvalue weighted by atomic mass is 35.5. The molecule has 0 radical (unpaired) electrons. The number of carbonyl (C=O) groups excluding carboxylic acids is 3. The Hall–Kier alpha value is -2.08. The minimum absolute atomic E-state index is 0.0406. The number of halogens is 5. The van der Waals surface area contributed by atoms with E-state index in [0.717, 1.165) is 4.90 Å². The summed E-state index contributed by atoms with van der Waals surface area (Å²) in [6, 6.07) is 12.6. The number of imide groups is 1. The molecule has 0 unspecified atom stereocenters. The number of hydrogen-bond acceptors (Lipinski definition) is 3. The van der Waals surface area contributed by atoms with E-state index in [0.29, 0.717) is 5.56 Å². The average molecular weight is 500 g/mol. The van der Waals surface area contributed by atoms with Crippen molar-refractivity contribution in [2.45, 2.75) is 0 Å². The quantitative estimate of drug-likeness (QED) is 0.169. The van der Waals surface area contributed by atoms with E-state index in [4.69, 9.17) is 58.0 Å². The molecule has 0 bridgehead atoms. The lowest BCUT2D eigenvalue weighted by atomic mass is 10.0. The normalized spacial score (nSPS) is 13.0. The van der Waals surface area contributed by atoms with E-state index in [1.165, 1.54) is 18.2 Å². The van der Waals surface area contributed by atoms with E-state index in [9.17, 15) is 14.4 Å². The fourth-order valence-corrected chi connectivity index (χ4v) is 4.38. The SMILES string of the molecule is O=C(c1ccccc1)c1cc(Cl)ccc1N1C(=O)c2c(Cl)c(Cl)c(Cl)c(Cl)c2C1=O. The molecule has 9 heteroatoms. The Bertz CT molecular complexity index is 1210. The second-order valence-corrected chi connectivity index (χ2v) is 8.26. The molecule has 0 spiro atoms. The van der Waals surface area contributed by atoms with Crippen molar-refractivity contribution in [1.29, 1.82) is 0 Å². The first-order valence-corrected chi connectivity index (χ1v) is 10.3. The summed E-state index contributed by atoms with van der Waals surface area (Å²) in [7, 11) is 0. The maximum absolute atomic E-state index is 13.2. The second kappa shape index (κ2) is 7.88. The van der Waals surface area contributed by atoms with Gasteiger partial charge in [-0.1, -0.05) is 88.3 Å². The van der Waals surface area contributed by atoms with Gasteiger partial charge in [-0.3, -0.25) is 14.4 Å². The van der Waals surface area contributed by atoms with E-state index < -0.39 is 17.6 Å². The summed E-state index contributed by atoms with van der Waals surface area (Å²) in [5.41, 5.74) is 0.120. The molecule has 1 heterocycles. The van der Waals surface area contributed by atoms with Crippen molar-refractivity contribution < 1.29 is 14.4 Å². The zero-order valence-electron chi connectivity index (χ0n) is 14.7. The average Bonchev–Trinajstić information content (AvgIpc) is 3.01. The van der Waals surface area contributed by atoms with Crippen molar-refractivity contribution in [3.8, 4) is 0 Å². The van der Waals surface area contributed by atoms with Crippen molar-refractivity contribution in [2.24, 2.45) is 0 Å². The van der Waals surface area contributed by atoms with Gasteiger partial charge in [0.05, 0.1) is 36.9 Å². The van der Waals surface area contributed by atoms with E-state index >= 15 is 0 Å². The second-order valence-electron chi connectivity index (χ2n) is 6.31. The van der Waals surface area contributed by atoms with Crippen molar-refractivity contribution in [3.63, 3.8) is 0 Å². The zero-order chi connectivity index (χ0) is 21.7. The topological polar surface area (TPSA) is 54.5 Å². The molecule has 0 atom stereocenters. The van der Waals surface area contributed by atoms with Gasteiger partial charge in [0.1, 0.15) is 0 Å². The molecule has 0 aliphatic carbocycles. The molecule has 4 nitrogen and oxygen atoms in total. The largest absolute Gasteiger partial charge is 0.289 e. The number of anilines is 1. The molecular weight excluding hydrogens is 492 g/mol. The Morgan fingerprint density at radius 3 is 1.77 bits per heavy atom. The summed E-state index contributed by atoms with van der Waals surface area (Å²) < 4.78 is 0. The summed E-state index contributed by atoms with van der Waals surface area (Å²) in [6.45, 7) is 0. The lowest BCUT2D eigenvalue weighted by Gasteiger charge is -2.18. The number of amides is 2. The van der Waals surface area contributed by atoms with Gasteiger partial charge in [0, 0.05) is 16.1 Å². The summed E-state index contributed by atoms with van der Waals surface area (Å²) in [5, 5.41) is -0.390. The number of carbonyl (C=O) groups is 3. The monoisotopic (exact) mass is 497 g/mol. The molecular formula is C21H8Cl5NO3. The van der Waals surface area contributed by atoms with Crippen LogP contribution in [0.1, 0.15) is 36.6 Å². The minimum atomic E-state index is -0.773.